The van der Waals surface area contributed by atoms with Crippen molar-refractivity contribution in [1.29, 1.82) is 0 Å². The van der Waals surface area contributed by atoms with Gasteiger partial charge in [-0.3, -0.25) is 14.6 Å². The van der Waals surface area contributed by atoms with E-state index in [1.165, 1.54) is 24.4 Å². The summed E-state index contributed by atoms with van der Waals surface area (Å²) < 4.78 is 0.663. The van der Waals surface area contributed by atoms with Crippen LogP contribution in [0.25, 0.3) is 0 Å². The summed E-state index contributed by atoms with van der Waals surface area (Å²) in [5.74, 6) is -1.59. The number of anilines is 1. The second-order valence-electron chi connectivity index (χ2n) is 4.22. The first-order chi connectivity index (χ1) is 9.95. The maximum atomic E-state index is 12.0. The average Bonchev–Trinajstić information content (AvgIpc) is 2.40. The SMILES string of the molecule is O=C(O)Cc1ccc(NC(=O)c2ccc(Br)cc2O)cn1. The quantitative estimate of drug-likeness (QED) is 0.786. The molecule has 1 aromatic heterocycles. The van der Waals surface area contributed by atoms with Crippen molar-refractivity contribution in [2.45, 2.75) is 6.42 Å². The van der Waals surface area contributed by atoms with Crippen LogP contribution in [0.5, 0.6) is 5.75 Å². The van der Waals surface area contributed by atoms with Crippen LogP contribution in [-0.2, 0) is 11.2 Å². The minimum absolute atomic E-state index is 0.132. The van der Waals surface area contributed by atoms with E-state index in [9.17, 15) is 14.7 Å². The largest absolute Gasteiger partial charge is 0.507 e. The van der Waals surface area contributed by atoms with E-state index in [1.807, 2.05) is 0 Å². The fourth-order valence-corrected chi connectivity index (χ4v) is 2.00. The number of pyridine rings is 1. The number of phenolic OH excluding ortho intramolecular Hbond substituents is 1. The Morgan fingerprint density at radius 2 is 2.00 bits per heavy atom. The first-order valence-corrected chi connectivity index (χ1v) is 6.71. The molecule has 7 heteroatoms. The van der Waals surface area contributed by atoms with Gasteiger partial charge in [-0.25, -0.2) is 0 Å². The molecule has 6 nitrogen and oxygen atoms in total. The number of carboxylic acid groups (broad SMARTS) is 1. The zero-order chi connectivity index (χ0) is 15.4. The van der Waals surface area contributed by atoms with E-state index in [4.69, 9.17) is 5.11 Å². The molecule has 0 bridgehead atoms. The Morgan fingerprint density at radius 3 is 2.57 bits per heavy atom. The second kappa shape index (κ2) is 6.36. The number of benzene rings is 1. The van der Waals surface area contributed by atoms with Crippen LogP contribution in [0.1, 0.15) is 16.1 Å². The molecule has 3 N–H and O–H groups in total. The van der Waals surface area contributed by atoms with Crippen molar-refractivity contribution in [2.24, 2.45) is 0 Å². The highest BCUT2D eigenvalue weighted by molar-refractivity contribution is 9.10. The van der Waals surface area contributed by atoms with Gasteiger partial charge in [-0.05, 0) is 30.3 Å². The third-order valence-electron chi connectivity index (χ3n) is 2.62. The highest BCUT2D eigenvalue weighted by Gasteiger charge is 2.12. The number of rotatable bonds is 4. The predicted octanol–water partition coefficient (Wildman–Crippen LogP) is 2.43. The summed E-state index contributed by atoms with van der Waals surface area (Å²) in [6.45, 7) is 0. The monoisotopic (exact) mass is 350 g/mol. The Morgan fingerprint density at radius 1 is 1.24 bits per heavy atom. The molecule has 0 aliphatic rings. The number of carbonyl (C=O) groups is 2. The minimum Gasteiger partial charge on any atom is -0.507 e. The highest BCUT2D eigenvalue weighted by Crippen LogP contribution is 2.23. The Kier molecular flexibility index (Phi) is 4.54. The van der Waals surface area contributed by atoms with E-state index in [0.717, 1.165) is 0 Å². The molecule has 0 atom stereocenters. The van der Waals surface area contributed by atoms with Gasteiger partial charge < -0.3 is 15.5 Å². The molecule has 108 valence electrons. The summed E-state index contributed by atoms with van der Waals surface area (Å²) in [7, 11) is 0. The molecule has 21 heavy (non-hydrogen) atoms. The van der Waals surface area contributed by atoms with E-state index in [0.29, 0.717) is 15.9 Å². The molecule has 0 saturated heterocycles. The maximum Gasteiger partial charge on any atom is 0.309 e. The summed E-state index contributed by atoms with van der Waals surface area (Å²) >= 11 is 3.19. The number of nitrogens with zero attached hydrogens (tertiary/aromatic N) is 1. The van der Waals surface area contributed by atoms with Gasteiger partial charge >= 0.3 is 5.97 Å². The number of hydrogen-bond acceptors (Lipinski definition) is 4. The number of carbonyl (C=O) groups excluding carboxylic acids is 1. The maximum absolute atomic E-state index is 12.0. The lowest BCUT2D eigenvalue weighted by Crippen LogP contribution is -2.12. The van der Waals surface area contributed by atoms with E-state index < -0.39 is 11.9 Å². The number of hydrogen-bond donors (Lipinski definition) is 3. The molecule has 2 rings (SSSR count). The van der Waals surface area contributed by atoms with Crippen LogP contribution in [0.3, 0.4) is 0 Å². The molecule has 0 spiro atoms. The molecule has 0 radical (unpaired) electrons. The van der Waals surface area contributed by atoms with Crippen molar-refractivity contribution in [3.63, 3.8) is 0 Å². The first-order valence-electron chi connectivity index (χ1n) is 5.92. The van der Waals surface area contributed by atoms with Gasteiger partial charge in [0.1, 0.15) is 5.75 Å². The summed E-state index contributed by atoms with van der Waals surface area (Å²) in [6.07, 6.45) is 1.19. The molecule has 0 aliphatic carbocycles. The van der Waals surface area contributed by atoms with Crippen molar-refractivity contribution in [3.05, 3.63) is 52.3 Å². The molecule has 0 fully saturated rings. The van der Waals surface area contributed by atoms with Crippen LogP contribution in [0.4, 0.5) is 5.69 Å². The lowest BCUT2D eigenvalue weighted by Gasteiger charge is -2.07. The van der Waals surface area contributed by atoms with Crippen LogP contribution >= 0.6 is 15.9 Å². The van der Waals surface area contributed by atoms with E-state index >= 15 is 0 Å². The number of phenols is 1. The molecule has 0 saturated carbocycles. The number of halogens is 1. The van der Waals surface area contributed by atoms with Gasteiger partial charge in [-0.15, -0.1) is 0 Å². The molecule has 0 unspecified atom stereocenters. The lowest BCUT2D eigenvalue weighted by atomic mass is 10.2. The molecule has 1 aromatic carbocycles. The van der Waals surface area contributed by atoms with Gasteiger partial charge in [-0.2, -0.15) is 0 Å². The fourth-order valence-electron chi connectivity index (χ4n) is 1.65. The predicted molar refractivity (Wildman–Crippen MR) is 79.3 cm³/mol. The Hall–Kier alpha value is -2.41. The smallest absolute Gasteiger partial charge is 0.309 e. The number of nitrogens with one attached hydrogen (secondary N) is 1. The fraction of sp³-hybridized carbons (Fsp3) is 0.0714. The van der Waals surface area contributed by atoms with Crippen molar-refractivity contribution in [1.82, 2.24) is 4.98 Å². The number of aliphatic carboxylic acids is 1. The standard InChI is InChI=1S/C14H11BrN2O4/c15-8-1-4-11(12(18)5-8)14(21)17-10-3-2-9(16-7-10)6-13(19)20/h1-5,7,18H,6H2,(H,17,21)(H,19,20). The van der Waals surface area contributed by atoms with Crippen LogP contribution in [0.15, 0.2) is 41.0 Å². The zero-order valence-electron chi connectivity index (χ0n) is 10.7. The Labute approximate surface area is 128 Å². The number of amides is 1. The van der Waals surface area contributed by atoms with Crippen LogP contribution < -0.4 is 5.32 Å². The molecule has 0 aliphatic heterocycles. The summed E-state index contributed by atoms with van der Waals surface area (Å²) in [6, 6.07) is 7.62. The van der Waals surface area contributed by atoms with Crippen LogP contribution in [-0.4, -0.2) is 27.1 Å². The average molecular weight is 351 g/mol. The summed E-state index contributed by atoms with van der Waals surface area (Å²) in [5.41, 5.74) is 0.941. The molecular formula is C14H11BrN2O4. The van der Waals surface area contributed by atoms with Crippen molar-refractivity contribution >= 4 is 33.5 Å². The van der Waals surface area contributed by atoms with Crippen LogP contribution in [0.2, 0.25) is 0 Å². The number of carboxylic acids is 1. The Bertz CT molecular complexity index is 686. The third kappa shape index (κ3) is 4.03. The van der Waals surface area contributed by atoms with E-state index in [1.54, 1.807) is 12.1 Å². The summed E-state index contributed by atoms with van der Waals surface area (Å²) in [5, 5.41) is 20.9. The molecule has 1 heterocycles. The van der Waals surface area contributed by atoms with Crippen molar-refractivity contribution in [3.8, 4) is 5.75 Å². The van der Waals surface area contributed by atoms with Crippen molar-refractivity contribution in [2.75, 3.05) is 5.32 Å². The van der Waals surface area contributed by atoms with Gasteiger partial charge in [-0.1, -0.05) is 15.9 Å². The van der Waals surface area contributed by atoms with Gasteiger partial charge in [0.2, 0.25) is 0 Å². The summed E-state index contributed by atoms with van der Waals surface area (Å²) in [4.78, 5) is 26.5. The highest BCUT2D eigenvalue weighted by atomic mass is 79.9. The van der Waals surface area contributed by atoms with Gasteiger partial charge in [0.25, 0.3) is 5.91 Å². The van der Waals surface area contributed by atoms with Crippen molar-refractivity contribution < 1.29 is 19.8 Å². The second-order valence-corrected chi connectivity index (χ2v) is 5.14. The topological polar surface area (TPSA) is 99.5 Å². The number of aromatic hydroxyl groups is 1. The molecule has 2 aromatic rings. The third-order valence-corrected chi connectivity index (χ3v) is 3.11. The zero-order valence-corrected chi connectivity index (χ0v) is 12.3. The Balaban J connectivity index is 2.10. The molecular weight excluding hydrogens is 340 g/mol. The van der Waals surface area contributed by atoms with Gasteiger partial charge in [0, 0.05) is 4.47 Å². The normalized spacial score (nSPS) is 10.1. The minimum atomic E-state index is -0.973. The van der Waals surface area contributed by atoms with E-state index in [2.05, 4.69) is 26.2 Å². The van der Waals surface area contributed by atoms with E-state index in [-0.39, 0.29) is 17.7 Å². The number of aromatic nitrogens is 1. The van der Waals surface area contributed by atoms with Gasteiger partial charge in [0.05, 0.1) is 29.6 Å². The van der Waals surface area contributed by atoms with Gasteiger partial charge in [0.15, 0.2) is 0 Å². The van der Waals surface area contributed by atoms with Crippen LogP contribution in [0, 0.1) is 0 Å². The molecule has 1 amide bonds. The lowest BCUT2D eigenvalue weighted by molar-refractivity contribution is -0.136. The first kappa shape index (κ1) is 15.0.